The van der Waals surface area contributed by atoms with Gasteiger partial charge >= 0.3 is 0 Å². The van der Waals surface area contributed by atoms with E-state index in [1.54, 1.807) is 12.3 Å². The Morgan fingerprint density at radius 3 is 2.59 bits per heavy atom. The second-order valence-corrected chi connectivity index (χ2v) is 5.68. The molecule has 22 heavy (non-hydrogen) atoms. The van der Waals surface area contributed by atoms with Crippen LogP contribution in [0.3, 0.4) is 0 Å². The zero-order valence-corrected chi connectivity index (χ0v) is 13.1. The van der Waals surface area contributed by atoms with Crippen molar-refractivity contribution in [2.75, 3.05) is 0 Å². The van der Waals surface area contributed by atoms with E-state index >= 15 is 0 Å². The van der Waals surface area contributed by atoms with Crippen molar-refractivity contribution in [1.82, 2.24) is 4.57 Å². The Balaban J connectivity index is 1.96. The minimum absolute atomic E-state index is 0.180. The lowest BCUT2D eigenvalue weighted by molar-refractivity contribution is 0.0974. The first-order chi connectivity index (χ1) is 10.7. The van der Waals surface area contributed by atoms with Crippen molar-refractivity contribution in [3.63, 3.8) is 0 Å². The number of benzene rings is 2. The molecule has 1 aromatic heterocycles. The molecule has 2 aromatic carbocycles. The van der Waals surface area contributed by atoms with E-state index in [-0.39, 0.29) is 5.91 Å². The third-order valence-electron chi connectivity index (χ3n) is 3.36. The van der Waals surface area contributed by atoms with E-state index in [1.807, 2.05) is 48.5 Å². The minimum atomic E-state index is -0.180. The maximum Gasteiger partial charge on any atom is 0.255 e. The fourth-order valence-corrected chi connectivity index (χ4v) is 2.54. The molecule has 0 spiro atoms. The van der Waals surface area contributed by atoms with Crippen LogP contribution in [0.4, 0.5) is 0 Å². The average Bonchev–Trinajstić information content (AvgIpc) is 2.93. The Labute approximate surface area is 136 Å². The maximum atomic E-state index is 12.4. The molecule has 0 saturated carbocycles. The number of hydrogen-bond acceptors (Lipinski definition) is 2. The number of allylic oxidation sites excluding steroid dienone is 1. The van der Waals surface area contributed by atoms with Gasteiger partial charge in [0, 0.05) is 22.1 Å². The van der Waals surface area contributed by atoms with Crippen LogP contribution < -0.4 is 0 Å². The summed E-state index contributed by atoms with van der Waals surface area (Å²) in [7, 11) is 0. The normalized spacial score (nSPS) is 10.9. The van der Waals surface area contributed by atoms with E-state index in [2.05, 4.69) is 22.0 Å². The highest BCUT2D eigenvalue weighted by Crippen LogP contribution is 2.20. The van der Waals surface area contributed by atoms with Crippen LogP contribution in [0.25, 0.3) is 17.0 Å². The highest BCUT2D eigenvalue weighted by atomic mass is 79.9. The minimum Gasteiger partial charge on any atom is -0.282 e. The topological polar surface area (TPSA) is 45.8 Å². The van der Waals surface area contributed by atoms with Gasteiger partial charge in [0.2, 0.25) is 0 Å². The van der Waals surface area contributed by atoms with Crippen LogP contribution in [-0.2, 0) is 0 Å². The summed E-state index contributed by atoms with van der Waals surface area (Å²) < 4.78 is 2.49. The number of nitriles is 1. The summed E-state index contributed by atoms with van der Waals surface area (Å²) in [5, 5.41) is 9.95. The van der Waals surface area contributed by atoms with Crippen molar-refractivity contribution < 1.29 is 4.79 Å². The molecule has 1 heterocycles. The van der Waals surface area contributed by atoms with Gasteiger partial charge in [-0.05, 0) is 29.8 Å². The molecular weight excluding hydrogens is 340 g/mol. The van der Waals surface area contributed by atoms with Gasteiger partial charge in [-0.3, -0.25) is 9.36 Å². The molecule has 0 aliphatic heterocycles. The first-order valence-electron chi connectivity index (χ1n) is 6.67. The predicted octanol–water partition coefficient (Wildman–Crippen LogP) is 4.63. The summed E-state index contributed by atoms with van der Waals surface area (Å²) in [5.74, 6) is -0.180. The Morgan fingerprint density at radius 1 is 1.14 bits per heavy atom. The molecule has 0 amide bonds. The highest BCUT2D eigenvalue weighted by Gasteiger charge is 2.10. The van der Waals surface area contributed by atoms with Gasteiger partial charge in [0.05, 0.1) is 11.1 Å². The van der Waals surface area contributed by atoms with Crippen molar-refractivity contribution in [1.29, 1.82) is 5.26 Å². The molecule has 0 N–H and O–H groups in total. The molecule has 0 bridgehead atoms. The average molecular weight is 351 g/mol. The van der Waals surface area contributed by atoms with Gasteiger partial charge in [0.15, 0.2) is 0 Å². The Hall–Kier alpha value is -2.64. The van der Waals surface area contributed by atoms with Crippen LogP contribution >= 0.6 is 15.9 Å². The van der Waals surface area contributed by atoms with Crippen LogP contribution in [-0.4, -0.2) is 10.5 Å². The lowest BCUT2D eigenvalue weighted by Gasteiger charge is -1.99. The quantitative estimate of drug-likeness (QED) is 0.632. The molecule has 0 radical (unpaired) electrons. The summed E-state index contributed by atoms with van der Waals surface area (Å²) in [5.41, 5.74) is 2.18. The molecule has 106 valence electrons. The largest absolute Gasteiger partial charge is 0.282 e. The number of para-hydroxylation sites is 1. The number of carbonyl (C=O) groups is 1. The van der Waals surface area contributed by atoms with Gasteiger partial charge in [-0.1, -0.05) is 46.3 Å². The summed E-state index contributed by atoms with van der Waals surface area (Å²) >= 11 is 3.37. The lowest BCUT2D eigenvalue weighted by atomic mass is 10.2. The number of aromatic nitrogens is 1. The van der Waals surface area contributed by atoms with Crippen molar-refractivity contribution >= 4 is 38.8 Å². The first-order valence-corrected chi connectivity index (χ1v) is 7.46. The smallest absolute Gasteiger partial charge is 0.255 e. The van der Waals surface area contributed by atoms with Gasteiger partial charge in [0.1, 0.15) is 6.07 Å². The summed E-state index contributed by atoms with van der Waals surface area (Å²) in [6.07, 6.45) is 4.85. The number of fused-ring (bicyclic) bond motifs is 1. The number of nitrogens with zero attached hydrogens (tertiary/aromatic N) is 2. The van der Waals surface area contributed by atoms with Crippen molar-refractivity contribution in [3.05, 3.63) is 76.4 Å². The summed E-state index contributed by atoms with van der Waals surface area (Å²) in [6.45, 7) is 0. The Bertz CT molecular complexity index is 914. The predicted molar refractivity (Wildman–Crippen MR) is 90.5 cm³/mol. The van der Waals surface area contributed by atoms with E-state index in [0.29, 0.717) is 5.56 Å². The Morgan fingerprint density at radius 2 is 1.86 bits per heavy atom. The number of rotatable bonds is 2. The van der Waals surface area contributed by atoms with E-state index in [9.17, 15) is 4.79 Å². The zero-order chi connectivity index (χ0) is 15.5. The van der Waals surface area contributed by atoms with Gasteiger partial charge < -0.3 is 0 Å². The van der Waals surface area contributed by atoms with Gasteiger partial charge in [-0.25, -0.2) is 0 Å². The third-order valence-corrected chi connectivity index (χ3v) is 3.89. The van der Waals surface area contributed by atoms with Crippen LogP contribution in [0.2, 0.25) is 0 Å². The lowest BCUT2D eigenvalue weighted by Crippen LogP contribution is -2.05. The van der Waals surface area contributed by atoms with E-state index in [4.69, 9.17) is 5.26 Å². The fraction of sp³-hybridized carbons (Fsp3) is 0. The monoisotopic (exact) mass is 350 g/mol. The fourth-order valence-electron chi connectivity index (χ4n) is 2.27. The Kier molecular flexibility index (Phi) is 3.90. The molecule has 3 aromatic rings. The number of halogens is 1. The molecule has 0 aliphatic carbocycles. The summed E-state index contributed by atoms with van der Waals surface area (Å²) in [6, 6.07) is 17.2. The number of carbonyl (C=O) groups excluding carboxylic acids is 1. The molecular formula is C18H11BrN2O. The summed E-state index contributed by atoms with van der Waals surface area (Å²) in [4.78, 5) is 12.4. The second-order valence-electron chi connectivity index (χ2n) is 4.76. The van der Waals surface area contributed by atoms with E-state index < -0.39 is 0 Å². The standard InChI is InChI=1S/C18H11BrN2O/c19-15-8-5-13(6-9-15)7-10-18(22)21-12-14(11-20)16-3-1-2-4-17(16)21/h1-10,12H/b10-7+. The molecule has 0 fully saturated rings. The van der Waals surface area contributed by atoms with E-state index in [1.165, 1.54) is 10.6 Å². The second kappa shape index (κ2) is 6.00. The molecule has 4 heteroatoms. The molecule has 3 rings (SSSR count). The molecule has 0 aliphatic rings. The first kappa shape index (κ1) is 14.3. The SMILES string of the molecule is N#Cc1cn(C(=O)/C=C/c2ccc(Br)cc2)c2ccccc12. The van der Waals surface area contributed by atoms with Crippen LogP contribution in [0.5, 0.6) is 0 Å². The highest BCUT2D eigenvalue weighted by molar-refractivity contribution is 9.10. The van der Waals surface area contributed by atoms with E-state index in [0.717, 1.165) is 20.9 Å². The number of hydrogen-bond donors (Lipinski definition) is 0. The molecule has 0 atom stereocenters. The van der Waals surface area contributed by atoms with Crippen LogP contribution in [0, 0.1) is 11.3 Å². The molecule has 0 unspecified atom stereocenters. The van der Waals surface area contributed by atoms with Gasteiger partial charge in [0.25, 0.3) is 5.91 Å². The van der Waals surface area contributed by atoms with Gasteiger partial charge in [-0.15, -0.1) is 0 Å². The van der Waals surface area contributed by atoms with Gasteiger partial charge in [-0.2, -0.15) is 5.26 Å². The van der Waals surface area contributed by atoms with Crippen LogP contribution in [0.15, 0.2) is 65.3 Å². The maximum absolute atomic E-state index is 12.4. The van der Waals surface area contributed by atoms with Crippen molar-refractivity contribution in [2.24, 2.45) is 0 Å². The zero-order valence-electron chi connectivity index (χ0n) is 11.5. The molecule has 3 nitrogen and oxygen atoms in total. The third kappa shape index (κ3) is 2.72. The van der Waals surface area contributed by atoms with Crippen molar-refractivity contribution in [2.45, 2.75) is 0 Å². The van der Waals surface area contributed by atoms with Crippen molar-refractivity contribution in [3.8, 4) is 6.07 Å². The molecule has 0 saturated heterocycles. The van der Waals surface area contributed by atoms with Crippen LogP contribution in [0.1, 0.15) is 15.9 Å².